The van der Waals surface area contributed by atoms with E-state index in [-0.39, 0.29) is 12.2 Å². The zero-order valence-corrected chi connectivity index (χ0v) is 23.5. The summed E-state index contributed by atoms with van der Waals surface area (Å²) in [6.07, 6.45) is 9.01. The Labute approximate surface area is 236 Å². The standard InChI is InChI=1S/C29H31N7O3S/c1-18(19-6-9-31-26(13-19)39-22-7-10-34(2)11-8-22)38-25-14-27(40-28(25)29(30)37)36-17-32-23-12-20(4-5-24(23)36)21-15-33-35(3)16-21/h4-6,9,12-18,22H,7-8,10-11H2,1-3H3,(H2,30,37). The minimum atomic E-state index is -0.539. The highest BCUT2D eigenvalue weighted by molar-refractivity contribution is 7.16. The highest BCUT2D eigenvalue weighted by Gasteiger charge is 2.22. The molecular weight excluding hydrogens is 526 g/mol. The van der Waals surface area contributed by atoms with Crippen LogP contribution in [-0.4, -0.2) is 61.4 Å². The molecule has 1 aromatic carbocycles. The van der Waals surface area contributed by atoms with Gasteiger partial charge in [-0.1, -0.05) is 6.07 Å². The first-order chi connectivity index (χ1) is 19.3. The van der Waals surface area contributed by atoms with Gasteiger partial charge in [-0.15, -0.1) is 11.3 Å². The first-order valence-corrected chi connectivity index (χ1v) is 14.0. The lowest BCUT2D eigenvalue weighted by Crippen LogP contribution is -2.35. The van der Waals surface area contributed by atoms with Crippen LogP contribution in [0, 0.1) is 0 Å². The maximum atomic E-state index is 12.4. The molecule has 5 aromatic rings. The van der Waals surface area contributed by atoms with Crippen LogP contribution in [0.5, 0.6) is 11.6 Å². The smallest absolute Gasteiger partial charge is 0.262 e. The molecule has 1 unspecified atom stereocenters. The van der Waals surface area contributed by atoms with Crippen molar-refractivity contribution in [3.8, 4) is 27.8 Å². The molecule has 0 bridgehead atoms. The van der Waals surface area contributed by atoms with Crippen molar-refractivity contribution in [1.82, 2.24) is 29.2 Å². The maximum absolute atomic E-state index is 12.4. The quantitative estimate of drug-likeness (QED) is 0.297. The Kier molecular flexibility index (Phi) is 6.99. The minimum Gasteiger partial charge on any atom is -0.484 e. The number of hydrogen-bond donors (Lipinski definition) is 1. The summed E-state index contributed by atoms with van der Waals surface area (Å²) in [5.74, 6) is 0.477. The first kappa shape index (κ1) is 26.0. The highest BCUT2D eigenvalue weighted by atomic mass is 32.1. The van der Waals surface area contributed by atoms with Crippen LogP contribution in [0.1, 0.15) is 41.1 Å². The van der Waals surface area contributed by atoms with Crippen molar-refractivity contribution in [2.24, 2.45) is 12.8 Å². The van der Waals surface area contributed by atoms with Gasteiger partial charge in [0.05, 0.1) is 17.2 Å². The Morgan fingerprint density at radius 3 is 2.67 bits per heavy atom. The number of amides is 1. The molecule has 0 saturated carbocycles. The molecule has 1 aliphatic rings. The largest absolute Gasteiger partial charge is 0.484 e. The third kappa shape index (κ3) is 5.30. The molecule has 0 radical (unpaired) electrons. The number of primary amides is 1. The lowest BCUT2D eigenvalue weighted by atomic mass is 10.1. The van der Waals surface area contributed by atoms with E-state index in [0.29, 0.717) is 16.5 Å². The number of hydrogen-bond acceptors (Lipinski definition) is 8. The summed E-state index contributed by atoms with van der Waals surface area (Å²) in [6, 6.07) is 11.7. The van der Waals surface area contributed by atoms with Crippen LogP contribution in [-0.2, 0) is 7.05 Å². The predicted octanol–water partition coefficient (Wildman–Crippen LogP) is 4.59. The van der Waals surface area contributed by atoms with Gasteiger partial charge in [-0.25, -0.2) is 9.97 Å². The fourth-order valence-electron chi connectivity index (χ4n) is 4.95. The number of carbonyl (C=O) groups is 1. The number of aromatic nitrogens is 5. The van der Waals surface area contributed by atoms with Gasteiger partial charge in [0, 0.05) is 50.2 Å². The van der Waals surface area contributed by atoms with Crippen LogP contribution in [0.3, 0.4) is 0 Å². The lowest BCUT2D eigenvalue weighted by molar-refractivity contribution is 0.0997. The molecule has 0 aliphatic carbocycles. The summed E-state index contributed by atoms with van der Waals surface area (Å²) in [5.41, 5.74) is 10.5. The van der Waals surface area contributed by atoms with Gasteiger partial charge in [-0.3, -0.25) is 14.0 Å². The number of nitrogens with two attached hydrogens (primary N) is 1. The Hall–Kier alpha value is -4.22. The molecular formula is C29H31N7O3S. The molecule has 1 aliphatic heterocycles. The normalized spacial score (nSPS) is 15.4. The number of pyridine rings is 1. The Morgan fingerprint density at radius 2 is 1.93 bits per heavy atom. The number of piperidine rings is 1. The van der Waals surface area contributed by atoms with Crippen LogP contribution in [0.4, 0.5) is 0 Å². The number of thiophene rings is 1. The van der Waals surface area contributed by atoms with E-state index >= 15 is 0 Å². The number of ether oxygens (including phenoxy) is 2. The molecule has 10 nitrogen and oxygen atoms in total. The highest BCUT2D eigenvalue weighted by Crippen LogP contribution is 2.36. The lowest BCUT2D eigenvalue weighted by Gasteiger charge is -2.29. The van der Waals surface area contributed by atoms with Crippen molar-refractivity contribution in [2.45, 2.75) is 32.0 Å². The summed E-state index contributed by atoms with van der Waals surface area (Å²) in [5, 5.41) is 5.04. The van der Waals surface area contributed by atoms with E-state index in [2.05, 4.69) is 27.0 Å². The predicted molar refractivity (Wildman–Crippen MR) is 154 cm³/mol. The van der Waals surface area contributed by atoms with Crippen LogP contribution in [0.15, 0.2) is 61.3 Å². The van der Waals surface area contributed by atoms with Gasteiger partial charge in [-0.2, -0.15) is 5.10 Å². The van der Waals surface area contributed by atoms with Crippen molar-refractivity contribution in [3.63, 3.8) is 0 Å². The third-order valence-corrected chi connectivity index (χ3v) is 8.35. The van der Waals surface area contributed by atoms with Crippen molar-refractivity contribution < 1.29 is 14.3 Å². The number of rotatable bonds is 8. The number of benzene rings is 1. The Morgan fingerprint density at radius 1 is 1.10 bits per heavy atom. The fourth-order valence-corrected chi connectivity index (χ4v) is 5.88. The van der Waals surface area contributed by atoms with E-state index in [4.69, 9.17) is 15.2 Å². The van der Waals surface area contributed by atoms with Gasteiger partial charge < -0.3 is 20.1 Å². The molecule has 1 atom stereocenters. The molecule has 0 spiro atoms. The van der Waals surface area contributed by atoms with Gasteiger partial charge in [0.2, 0.25) is 5.88 Å². The molecule has 5 heterocycles. The van der Waals surface area contributed by atoms with Gasteiger partial charge >= 0.3 is 0 Å². The summed E-state index contributed by atoms with van der Waals surface area (Å²) >= 11 is 1.28. The number of carbonyl (C=O) groups excluding carboxylic acids is 1. The molecule has 6 rings (SSSR count). The number of likely N-dealkylation sites (tertiary alicyclic amines) is 1. The molecule has 1 saturated heterocycles. The van der Waals surface area contributed by atoms with Crippen molar-refractivity contribution in [3.05, 3.63) is 71.8 Å². The van der Waals surface area contributed by atoms with Crippen molar-refractivity contribution in [1.29, 1.82) is 0 Å². The third-order valence-electron chi connectivity index (χ3n) is 7.22. The van der Waals surface area contributed by atoms with Crippen molar-refractivity contribution in [2.75, 3.05) is 20.1 Å². The minimum absolute atomic E-state index is 0.154. The average Bonchev–Trinajstić information content (AvgIpc) is 3.68. The van der Waals surface area contributed by atoms with Gasteiger partial charge in [0.15, 0.2) is 0 Å². The molecule has 206 valence electrons. The first-order valence-electron chi connectivity index (χ1n) is 13.2. The fraction of sp³-hybridized carbons (Fsp3) is 0.310. The molecule has 11 heteroatoms. The second-order valence-electron chi connectivity index (χ2n) is 10.2. The van der Waals surface area contributed by atoms with Crippen LogP contribution < -0.4 is 15.2 Å². The van der Waals surface area contributed by atoms with Crippen molar-refractivity contribution >= 4 is 28.3 Å². The number of nitrogens with zero attached hydrogens (tertiary/aromatic N) is 6. The van der Waals surface area contributed by atoms with Gasteiger partial charge in [0.1, 0.15) is 34.2 Å². The zero-order chi connectivity index (χ0) is 27.8. The summed E-state index contributed by atoms with van der Waals surface area (Å²) in [4.78, 5) is 24.0. The molecule has 40 heavy (non-hydrogen) atoms. The molecule has 4 aromatic heterocycles. The van der Waals surface area contributed by atoms with E-state index in [0.717, 1.165) is 58.7 Å². The van der Waals surface area contributed by atoms with Crippen LogP contribution >= 0.6 is 11.3 Å². The van der Waals surface area contributed by atoms with E-state index in [1.54, 1.807) is 17.2 Å². The zero-order valence-electron chi connectivity index (χ0n) is 22.7. The number of imidazole rings is 1. The second-order valence-corrected chi connectivity index (χ2v) is 11.2. The summed E-state index contributed by atoms with van der Waals surface area (Å²) in [7, 11) is 4.02. The van der Waals surface area contributed by atoms with E-state index in [9.17, 15) is 4.79 Å². The SMILES string of the molecule is CC(Oc1cc(-n2cnc3cc(-c4cnn(C)c4)ccc32)sc1C(N)=O)c1ccnc(OC2CCN(C)CC2)c1. The van der Waals surface area contributed by atoms with Crippen LogP contribution in [0.25, 0.3) is 27.2 Å². The van der Waals surface area contributed by atoms with Gasteiger partial charge in [-0.05, 0) is 56.1 Å². The number of fused-ring (bicyclic) bond motifs is 1. The number of aryl methyl sites for hydroxylation is 1. The van der Waals surface area contributed by atoms with Crippen LogP contribution in [0.2, 0.25) is 0 Å². The molecule has 1 amide bonds. The van der Waals surface area contributed by atoms with E-state index in [1.807, 2.05) is 67.3 Å². The summed E-state index contributed by atoms with van der Waals surface area (Å²) < 4.78 is 16.2. The second kappa shape index (κ2) is 10.7. The monoisotopic (exact) mass is 557 g/mol. The van der Waals surface area contributed by atoms with E-state index < -0.39 is 5.91 Å². The topological polar surface area (TPSA) is 113 Å². The molecule has 1 fully saturated rings. The molecule has 2 N–H and O–H groups in total. The summed E-state index contributed by atoms with van der Waals surface area (Å²) in [6.45, 7) is 3.96. The Bertz CT molecular complexity index is 1670. The Balaban J connectivity index is 1.23. The van der Waals surface area contributed by atoms with Gasteiger partial charge in [0.25, 0.3) is 5.91 Å². The average molecular weight is 558 g/mol. The maximum Gasteiger partial charge on any atom is 0.262 e. The van der Waals surface area contributed by atoms with E-state index in [1.165, 1.54) is 11.3 Å².